The molecule has 8 aromatic rings. The molecule has 0 aliphatic rings. The summed E-state index contributed by atoms with van der Waals surface area (Å²) in [6.45, 7) is 8.58. The fourth-order valence-corrected chi connectivity index (χ4v) is 7.58. The third-order valence-corrected chi connectivity index (χ3v) is 11.1. The van der Waals surface area contributed by atoms with Crippen LogP contribution >= 0.6 is 0 Å². The van der Waals surface area contributed by atoms with Crippen LogP contribution in [0.3, 0.4) is 0 Å². The maximum atomic E-state index is 15.3. The number of fused-ring (bicyclic) bond motifs is 2. The van der Waals surface area contributed by atoms with Crippen molar-refractivity contribution in [3.05, 3.63) is 192 Å². The smallest absolute Gasteiger partial charge is 0.138 e. The maximum Gasteiger partial charge on any atom is 0.138 e. The van der Waals surface area contributed by atoms with E-state index in [1.807, 2.05) is 60.7 Å². The Hall–Kier alpha value is -5.86. The highest BCUT2D eigenvalue weighted by Gasteiger charge is 2.12. The third kappa shape index (κ3) is 9.41. The van der Waals surface area contributed by atoms with Gasteiger partial charge in [-0.2, -0.15) is 0 Å². The lowest BCUT2D eigenvalue weighted by molar-refractivity contribution is 0.643. The number of rotatable bonds is 11. The van der Waals surface area contributed by atoms with E-state index in [0.29, 0.717) is 21.9 Å². The molecule has 8 rings (SSSR count). The SMILES string of the molecule is CCCCCc1ccc2c(F)c(-c3ccc(-c4ccc(C)cc4)cc3)ccc2c1.CCCCc1ccc2c(F)c(-c3ccc(-c4ccc(C)cc4)cc3)ccc2c1. The molecule has 0 unspecified atom stereocenters. The quantitative estimate of drug-likeness (QED) is 0.116. The molecule has 0 aromatic heterocycles. The summed E-state index contributed by atoms with van der Waals surface area (Å²) in [5.41, 5.74) is 12.8. The van der Waals surface area contributed by atoms with Gasteiger partial charge in [0.15, 0.2) is 0 Å². The predicted octanol–water partition coefficient (Wildman–Crippen LogP) is 16.3. The molecule has 0 aliphatic heterocycles. The van der Waals surface area contributed by atoms with Gasteiger partial charge in [-0.15, -0.1) is 0 Å². The predicted molar refractivity (Wildman–Crippen MR) is 241 cm³/mol. The van der Waals surface area contributed by atoms with Crippen molar-refractivity contribution in [1.82, 2.24) is 0 Å². The van der Waals surface area contributed by atoms with Crippen molar-refractivity contribution in [2.45, 2.75) is 72.6 Å². The number of aryl methyl sites for hydroxylation is 4. The molecule has 0 fully saturated rings. The number of unbranched alkanes of at least 4 members (excludes halogenated alkanes) is 3. The van der Waals surface area contributed by atoms with Gasteiger partial charge in [-0.1, -0.05) is 202 Å². The van der Waals surface area contributed by atoms with E-state index in [4.69, 9.17) is 0 Å². The first-order chi connectivity index (χ1) is 27.8. The summed E-state index contributed by atoms with van der Waals surface area (Å²) in [7, 11) is 0. The highest BCUT2D eigenvalue weighted by molar-refractivity contribution is 5.90. The summed E-state index contributed by atoms with van der Waals surface area (Å²) < 4.78 is 30.5. The second-order valence-corrected chi connectivity index (χ2v) is 15.4. The molecule has 57 heavy (non-hydrogen) atoms. The number of halogens is 2. The lowest BCUT2D eigenvalue weighted by atomic mass is 9.96. The van der Waals surface area contributed by atoms with Crippen LogP contribution in [0.2, 0.25) is 0 Å². The van der Waals surface area contributed by atoms with E-state index < -0.39 is 0 Å². The van der Waals surface area contributed by atoms with Gasteiger partial charge in [0.2, 0.25) is 0 Å². The normalized spacial score (nSPS) is 11.1. The van der Waals surface area contributed by atoms with Gasteiger partial charge in [0, 0.05) is 21.9 Å². The Morgan fingerprint density at radius 2 is 0.702 bits per heavy atom. The van der Waals surface area contributed by atoms with Crippen molar-refractivity contribution < 1.29 is 8.78 Å². The van der Waals surface area contributed by atoms with Crippen LogP contribution in [0.4, 0.5) is 8.78 Å². The fraction of sp³-hybridized carbons (Fsp3) is 0.200. The Morgan fingerprint density at radius 3 is 1.09 bits per heavy atom. The Bertz CT molecular complexity index is 2560. The molecule has 0 heterocycles. The Balaban J connectivity index is 0.000000174. The van der Waals surface area contributed by atoms with Gasteiger partial charge in [-0.3, -0.25) is 0 Å². The molecule has 0 saturated heterocycles. The molecule has 0 spiro atoms. The van der Waals surface area contributed by atoms with Crippen molar-refractivity contribution in [3.63, 3.8) is 0 Å². The number of hydrogen-bond acceptors (Lipinski definition) is 0. The topological polar surface area (TPSA) is 0 Å². The highest BCUT2D eigenvalue weighted by Crippen LogP contribution is 2.33. The van der Waals surface area contributed by atoms with Crippen molar-refractivity contribution in [3.8, 4) is 44.5 Å². The lowest BCUT2D eigenvalue weighted by Crippen LogP contribution is -1.90. The summed E-state index contributed by atoms with van der Waals surface area (Å²) >= 11 is 0. The minimum atomic E-state index is -0.136. The van der Waals surface area contributed by atoms with Crippen molar-refractivity contribution in [2.75, 3.05) is 0 Å². The Labute approximate surface area is 337 Å². The fourth-order valence-electron chi connectivity index (χ4n) is 7.58. The van der Waals surface area contributed by atoms with E-state index in [9.17, 15) is 0 Å². The maximum absolute atomic E-state index is 15.3. The minimum Gasteiger partial charge on any atom is -0.206 e. The van der Waals surface area contributed by atoms with Crippen LogP contribution < -0.4 is 0 Å². The molecule has 0 nitrogen and oxygen atoms in total. The van der Waals surface area contributed by atoms with E-state index in [0.717, 1.165) is 45.9 Å². The zero-order chi connectivity index (χ0) is 39.7. The van der Waals surface area contributed by atoms with E-state index in [1.54, 1.807) is 0 Å². The minimum absolute atomic E-state index is 0.134. The molecule has 286 valence electrons. The van der Waals surface area contributed by atoms with Gasteiger partial charge in [-0.25, -0.2) is 8.78 Å². The molecule has 0 N–H and O–H groups in total. The van der Waals surface area contributed by atoms with Crippen LogP contribution in [-0.4, -0.2) is 0 Å². The van der Waals surface area contributed by atoms with Crippen LogP contribution in [-0.2, 0) is 12.8 Å². The molecule has 0 atom stereocenters. The largest absolute Gasteiger partial charge is 0.206 e. The lowest BCUT2D eigenvalue weighted by Gasteiger charge is -2.10. The molecule has 0 aliphatic carbocycles. The molecule has 0 radical (unpaired) electrons. The average Bonchev–Trinajstić information content (AvgIpc) is 3.24. The standard InChI is InChI=1S/C28H27F.C27H25F/c1-3-4-5-6-21-9-17-27-25(19-21)16-18-26(28(27)29)24-14-12-23(13-15-24)22-10-7-20(2)8-11-22;1-3-4-5-20-8-16-26-24(18-20)15-17-25(27(26)28)23-13-11-22(12-14-23)21-9-6-19(2)7-10-21/h7-19H,3-6H2,1-2H3;6-18H,3-5H2,1-2H3. The van der Waals surface area contributed by atoms with E-state index in [2.05, 4.69) is 125 Å². The second kappa shape index (κ2) is 18.4. The summed E-state index contributed by atoms with van der Waals surface area (Å²) in [6.07, 6.45) is 8.10. The van der Waals surface area contributed by atoms with Gasteiger partial charge < -0.3 is 0 Å². The van der Waals surface area contributed by atoms with Gasteiger partial charge in [0.05, 0.1) is 0 Å². The molecule has 0 amide bonds. The van der Waals surface area contributed by atoms with E-state index in [-0.39, 0.29) is 11.6 Å². The van der Waals surface area contributed by atoms with Crippen LogP contribution in [0.25, 0.3) is 66.1 Å². The number of hydrogen-bond donors (Lipinski definition) is 0. The molecule has 0 saturated carbocycles. The molecular formula is C55H52F2. The Kier molecular flexibility index (Phi) is 12.7. The van der Waals surface area contributed by atoms with Crippen molar-refractivity contribution >= 4 is 21.5 Å². The van der Waals surface area contributed by atoms with Crippen LogP contribution in [0, 0.1) is 25.5 Å². The summed E-state index contributed by atoms with van der Waals surface area (Å²) in [4.78, 5) is 0. The van der Waals surface area contributed by atoms with Gasteiger partial charge in [-0.05, 0) is 94.8 Å². The Morgan fingerprint density at radius 1 is 0.351 bits per heavy atom. The molecule has 8 aromatic carbocycles. The molecule has 0 bridgehead atoms. The monoisotopic (exact) mass is 750 g/mol. The first-order valence-corrected chi connectivity index (χ1v) is 20.6. The highest BCUT2D eigenvalue weighted by atomic mass is 19.1. The first-order valence-electron chi connectivity index (χ1n) is 20.6. The molecule has 2 heteroatoms. The van der Waals surface area contributed by atoms with Crippen LogP contribution in [0.15, 0.2) is 158 Å². The van der Waals surface area contributed by atoms with Crippen molar-refractivity contribution in [1.29, 1.82) is 0 Å². The second-order valence-electron chi connectivity index (χ2n) is 15.4. The number of benzene rings is 8. The summed E-state index contributed by atoms with van der Waals surface area (Å²) in [6, 6.07) is 53.4. The zero-order valence-corrected chi connectivity index (χ0v) is 33.7. The summed E-state index contributed by atoms with van der Waals surface area (Å²) in [5.74, 6) is -0.270. The van der Waals surface area contributed by atoms with Gasteiger partial charge >= 0.3 is 0 Å². The van der Waals surface area contributed by atoms with Gasteiger partial charge in [0.1, 0.15) is 11.6 Å². The van der Waals surface area contributed by atoms with E-state index in [1.165, 1.54) is 65.5 Å². The van der Waals surface area contributed by atoms with Crippen molar-refractivity contribution in [2.24, 2.45) is 0 Å². The van der Waals surface area contributed by atoms with Crippen LogP contribution in [0.1, 0.15) is 68.2 Å². The van der Waals surface area contributed by atoms with Gasteiger partial charge in [0.25, 0.3) is 0 Å². The summed E-state index contributed by atoms with van der Waals surface area (Å²) in [5, 5.41) is 3.35. The molecular weight excluding hydrogens is 699 g/mol. The van der Waals surface area contributed by atoms with E-state index >= 15 is 8.78 Å². The third-order valence-electron chi connectivity index (χ3n) is 11.1. The zero-order valence-electron chi connectivity index (χ0n) is 33.7. The first kappa shape index (κ1) is 39.4. The average molecular weight is 751 g/mol. The van der Waals surface area contributed by atoms with Crippen LogP contribution in [0.5, 0.6) is 0 Å².